The zero-order valence-corrected chi connectivity index (χ0v) is 14.0. The second kappa shape index (κ2) is 9.26. The van der Waals surface area contributed by atoms with Gasteiger partial charge in [-0.25, -0.2) is 4.79 Å². The third-order valence-corrected chi connectivity index (χ3v) is 3.32. The van der Waals surface area contributed by atoms with Gasteiger partial charge in [0.1, 0.15) is 6.61 Å². The molecule has 1 rings (SSSR count). The first-order chi connectivity index (χ1) is 11.6. The molecule has 0 fully saturated rings. The topological polar surface area (TPSA) is 78.9 Å². The van der Waals surface area contributed by atoms with E-state index in [0.717, 1.165) is 5.56 Å². The molecule has 0 radical (unpaired) electrons. The molecule has 0 saturated carbocycles. The summed E-state index contributed by atoms with van der Waals surface area (Å²) in [5, 5.41) is 11.5. The van der Waals surface area contributed by atoms with Crippen LogP contribution in [0.2, 0.25) is 0 Å². The molecule has 6 nitrogen and oxygen atoms in total. The minimum Gasteiger partial charge on any atom is -0.481 e. The molecule has 0 aromatic heterocycles. The first-order valence-electron chi connectivity index (χ1n) is 7.52. The van der Waals surface area contributed by atoms with Crippen molar-refractivity contribution in [2.45, 2.75) is 26.3 Å². The van der Waals surface area contributed by atoms with Crippen molar-refractivity contribution in [1.29, 1.82) is 0 Å². The van der Waals surface area contributed by atoms with E-state index in [1.165, 1.54) is 18.9 Å². The standard InChI is InChI=1S/C16H21F3N2O4/c1-11(14(22)23)8-21(2)15(24)20-7-12-3-5-13(6-4-12)9-25-10-16(17,18)19/h3-6,11H,7-10H2,1-2H3,(H,20,24)(H,22,23). The molecule has 0 aliphatic carbocycles. The summed E-state index contributed by atoms with van der Waals surface area (Å²) in [5.41, 5.74) is 1.35. The number of carboxylic acid groups (broad SMARTS) is 1. The third-order valence-electron chi connectivity index (χ3n) is 3.32. The molecule has 140 valence electrons. The number of hydrogen-bond donors (Lipinski definition) is 2. The highest BCUT2D eigenvalue weighted by atomic mass is 19.4. The number of nitrogens with one attached hydrogen (secondary N) is 1. The number of ether oxygens (including phenoxy) is 1. The number of carboxylic acids is 1. The summed E-state index contributed by atoms with van der Waals surface area (Å²) in [7, 11) is 1.50. The van der Waals surface area contributed by atoms with E-state index >= 15 is 0 Å². The van der Waals surface area contributed by atoms with Crippen LogP contribution in [0, 0.1) is 5.92 Å². The van der Waals surface area contributed by atoms with Crippen molar-refractivity contribution >= 4 is 12.0 Å². The number of carbonyl (C=O) groups is 2. The maximum atomic E-state index is 12.0. The number of aliphatic carboxylic acids is 1. The molecule has 0 aliphatic heterocycles. The lowest BCUT2D eigenvalue weighted by Crippen LogP contribution is -2.40. The minimum absolute atomic E-state index is 0.0800. The maximum Gasteiger partial charge on any atom is 0.411 e. The number of alkyl halides is 3. The van der Waals surface area contributed by atoms with Crippen molar-refractivity contribution in [3.63, 3.8) is 0 Å². The molecular formula is C16H21F3N2O4. The van der Waals surface area contributed by atoms with E-state index in [9.17, 15) is 22.8 Å². The zero-order chi connectivity index (χ0) is 19.0. The van der Waals surface area contributed by atoms with Crippen LogP contribution in [0.5, 0.6) is 0 Å². The van der Waals surface area contributed by atoms with Crippen molar-refractivity contribution in [2.24, 2.45) is 5.92 Å². The number of benzene rings is 1. The average molecular weight is 362 g/mol. The Morgan fingerprint density at radius 2 is 1.80 bits per heavy atom. The van der Waals surface area contributed by atoms with Crippen molar-refractivity contribution < 1.29 is 32.6 Å². The van der Waals surface area contributed by atoms with E-state index in [2.05, 4.69) is 10.1 Å². The fourth-order valence-electron chi connectivity index (χ4n) is 1.92. The molecule has 0 heterocycles. The summed E-state index contributed by atoms with van der Waals surface area (Å²) in [5.74, 6) is -1.66. The van der Waals surface area contributed by atoms with E-state index in [0.29, 0.717) is 5.56 Å². The Bertz CT molecular complexity index is 576. The van der Waals surface area contributed by atoms with Gasteiger partial charge in [-0.1, -0.05) is 31.2 Å². The average Bonchev–Trinajstić information content (AvgIpc) is 2.52. The molecule has 0 aliphatic rings. The molecule has 0 saturated heterocycles. The van der Waals surface area contributed by atoms with Crippen LogP contribution in [0.1, 0.15) is 18.1 Å². The van der Waals surface area contributed by atoms with E-state index in [1.807, 2.05) is 0 Å². The van der Waals surface area contributed by atoms with Gasteiger partial charge in [-0.05, 0) is 11.1 Å². The SMILES string of the molecule is CC(CN(C)C(=O)NCc1ccc(COCC(F)(F)F)cc1)C(=O)O. The van der Waals surface area contributed by atoms with Gasteiger partial charge in [0.05, 0.1) is 12.5 Å². The van der Waals surface area contributed by atoms with Gasteiger partial charge in [0, 0.05) is 20.1 Å². The molecule has 9 heteroatoms. The lowest BCUT2D eigenvalue weighted by atomic mass is 10.1. The predicted octanol–water partition coefficient (Wildman–Crippen LogP) is 2.63. The number of halogens is 3. The number of carbonyl (C=O) groups excluding carboxylic acids is 1. The lowest BCUT2D eigenvalue weighted by molar-refractivity contribution is -0.176. The Labute approximate surface area is 143 Å². The fourth-order valence-corrected chi connectivity index (χ4v) is 1.92. The van der Waals surface area contributed by atoms with Gasteiger partial charge in [-0.3, -0.25) is 4.79 Å². The van der Waals surface area contributed by atoms with Crippen LogP contribution in [0.4, 0.5) is 18.0 Å². The molecule has 2 amide bonds. The quantitative estimate of drug-likeness (QED) is 0.745. The van der Waals surface area contributed by atoms with Gasteiger partial charge in [0.25, 0.3) is 0 Å². The fraction of sp³-hybridized carbons (Fsp3) is 0.500. The van der Waals surface area contributed by atoms with Crippen LogP contribution in [0.25, 0.3) is 0 Å². The van der Waals surface area contributed by atoms with Crippen molar-refractivity contribution in [1.82, 2.24) is 10.2 Å². The highest BCUT2D eigenvalue weighted by Crippen LogP contribution is 2.15. The summed E-state index contributed by atoms with van der Waals surface area (Å²) in [4.78, 5) is 23.9. The Morgan fingerprint density at radius 1 is 1.24 bits per heavy atom. The molecule has 1 unspecified atom stereocenters. The summed E-state index contributed by atoms with van der Waals surface area (Å²) < 4.78 is 40.5. The smallest absolute Gasteiger partial charge is 0.411 e. The monoisotopic (exact) mass is 362 g/mol. The third kappa shape index (κ3) is 8.39. The highest BCUT2D eigenvalue weighted by Gasteiger charge is 2.27. The summed E-state index contributed by atoms with van der Waals surface area (Å²) in [6.07, 6.45) is -4.35. The maximum absolute atomic E-state index is 12.0. The number of urea groups is 1. The van der Waals surface area contributed by atoms with Crippen molar-refractivity contribution in [2.75, 3.05) is 20.2 Å². The number of nitrogens with zero attached hydrogens (tertiary/aromatic N) is 1. The largest absolute Gasteiger partial charge is 0.481 e. The number of hydrogen-bond acceptors (Lipinski definition) is 3. The Kier molecular flexibility index (Phi) is 7.69. The lowest BCUT2D eigenvalue weighted by Gasteiger charge is -2.20. The van der Waals surface area contributed by atoms with Gasteiger partial charge < -0.3 is 20.1 Å². The van der Waals surface area contributed by atoms with Crippen LogP contribution >= 0.6 is 0 Å². The molecule has 1 atom stereocenters. The highest BCUT2D eigenvalue weighted by molar-refractivity contribution is 5.75. The zero-order valence-electron chi connectivity index (χ0n) is 14.0. The predicted molar refractivity (Wildman–Crippen MR) is 83.8 cm³/mol. The summed E-state index contributed by atoms with van der Waals surface area (Å²) in [6.45, 7) is 0.352. The molecule has 2 N–H and O–H groups in total. The minimum atomic E-state index is -4.35. The molecule has 0 spiro atoms. The van der Waals surface area contributed by atoms with Gasteiger partial charge in [-0.2, -0.15) is 13.2 Å². The summed E-state index contributed by atoms with van der Waals surface area (Å²) in [6, 6.07) is 6.17. The second-order valence-corrected chi connectivity index (χ2v) is 5.70. The molecule has 1 aromatic carbocycles. The molecule has 1 aromatic rings. The molecule has 0 bridgehead atoms. The van der Waals surface area contributed by atoms with E-state index < -0.39 is 30.7 Å². The number of rotatable bonds is 8. The second-order valence-electron chi connectivity index (χ2n) is 5.70. The van der Waals surface area contributed by atoms with Crippen LogP contribution in [0.15, 0.2) is 24.3 Å². The van der Waals surface area contributed by atoms with E-state index in [4.69, 9.17) is 5.11 Å². The first-order valence-corrected chi connectivity index (χ1v) is 7.52. The Hall–Kier alpha value is -2.29. The van der Waals surface area contributed by atoms with Crippen LogP contribution in [0.3, 0.4) is 0 Å². The number of amides is 2. The molecule has 25 heavy (non-hydrogen) atoms. The van der Waals surface area contributed by atoms with Gasteiger partial charge >= 0.3 is 18.2 Å². The van der Waals surface area contributed by atoms with Crippen molar-refractivity contribution in [3.05, 3.63) is 35.4 Å². The van der Waals surface area contributed by atoms with E-state index in [-0.39, 0.29) is 19.7 Å². The van der Waals surface area contributed by atoms with Gasteiger partial charge in [0.15, 0.2) is 0 Å². The Balaban J connectivity index is 2.40. The molecular weight excluding hydrogens is 341 g/mol. The Morgan fingerprint density at radius 3 is 2.32 bits per heavy atom. The van der Waals surface area contributed by atoms with E-state index in [1.54, 1.807) is 24.3 Å². The normalized spacial score (nSPS) is 12.5. The summed E-state index contributed by atoms with van der Waals surface area (Å²) >= 11 is 0. The first kappa shape index (κ1) is 20.8. The van der Waals surface area contributed by atoms with Crippen molar-refractivity contribution in [3.8, 4) is 0 Å². The van der Waals surface area contributed by atoms with Gasteiger partial charge in [0.2, 0.25) is 0 Å². The van der Waals surface area contributed by atoms with Crippen LogP contribution in [-0.4, -0.2) is 48.4 Å². The van der Waals surface area contributed by atoms with Crippen LogP contribution in [-0.2, 0) is 22.7 Å². The van der Waals surface area contributed by atoms with Crippen LogP contribution < -0.4 is 5.32 Å². The van der Waals surface area contributed by atoms with Gasteiger partial charge in [-0.15, -0.1) is 0 Å².